The number of aromatic nitrogens is 1. The Bertz CT molecular complexity index is 698. The highest BCUT2D eigenvalue weighted by Crippen LogP contribution is 2.19. The van der Waals surface area contributed by atoms with Crippen molar-refractivity contribution >= 4 is 28.9 Å². The maximum atomic E-state index is 12.1. The number of unbranched alkanes of at least 4 members (excludes halogenated alkanes) is 1. The number of amides is 2. The van der Waals surface area contributed by atoms with Gasteiger partial charge in [-0.05, 0) is 36.8 Å². The number of hydrogen-bond donors (Lipinski definition) is 3. The van der Waals surface area contributed by atoms with Crippen LogP contribution in [0.25, 0.3) is 0 Å². The van der Waals surface area contributed by atoms with Crippen molar-refractivity contribution in [3.63, 3.8) is 0 Å². The van der Waals surface area contributed by atoms with Crippen LogP contribution in [0, 0.1) is 0 Å². The van der Waals surface area contributed by atoms with Gasteiger partial charge in [0.2, 0.25) is 5.91 Å². The largest absolute Gasteiger partial charge is 0.354 e. The lowest BCUT2D eigenvalue weighted by molar-refractivity contribution is -0.114. The van der Waals surface area contributed by atoms with Crippen molar-refractivity contribution in [1.29, 1.82) is 0 Å². The van der Waals surface area contributed by atoms with E-state index in [0.29, 0.717) is 12.1 Å². The maximum absolute atomic E-state index is 12.1. The predicted octanol–water partition coefficient (Wildman–Crippen LogP) is 3.31. The first-order chi connectivity index (χ1) is 11.6. The topological polar surface area (TPSA) is 83.1 Å². The molecule has 6 heteroatoms. The van der Waals surface area contributed by atoms with Gasteiger partial charge in [0.15, 0.2) is 0 Å². The zero-order chi connectivity index (χ0) is 17.4. The van der Waals surface area contributed by atoms with Crippen LogP contribution in [0.3, 0.4) is 0 Å². The van der Waals surface area contributed by atoms with Crippen LogP contribution in [-0.4, -0.2) is 23.3 Å². The van der Waals surface area contributed by atoms with Gasteiger partial charge < -0.3 is 16.0 Å². The molecule has 1 aromatic carbocycles. The molecule has 1 heterocycles. The van der Waals surface area contributed by atoms with E-state index in [4.69, 9.17) is 0 Å². The number of anilines is 3. The normalized spacial score (nSPS) is 10.1. The number of carbonyl (C=O) groups is 2. The number of benzene rings is 1. The van der Waals surface area contributed by atoms with E-state index in [1.54, 1.807) is 30.6 Å². The van der Waals surface area contributed by atoms with Crippen molar-refractivity contribution in [1.82, 2.24) is 10.3 Å². The molecule has 0 bridgehead atoms. The van der Waals surface area contributed by atoms with E-state index >= 15 is 0 Å². The summed E-state index contributed by atoms with van der Waals surface area (Å²) in [6.45, 7) is 4.21. The van der Waals surface area contributed by atoms with Gasteiger partial charge in [-0.15, -0.1) is 0 Å². The van der Waals surface area contributed by atoms with Crippen LogP contribution in [0.15, 0.2) is 42.7 Å². The van der Waals surface area contributed by atoms with Crippen LogP contribution in [0.5, 0.6) is 0 Å². The zero-order valence-corrected chi connectivity index (χ0v) is 13.9. The van der Waals surface area contributed by atoms with E-state index in [9.17, 15) is 9.59 Å². The van der Waals surface area contributed by atoms with Crippen molar-refractivity contribution in [3.8, 4) is 0 Å². The summed E-state index contributed by atoms with van der Waals surface area (Å²) in [5.74, 6) is -0.234. The number of pyridine rings is 1. The zero-order valence-electron chi connectivity index (χ0n) is 13.9. The summed E-state index contributed by atoms with van der Waals surface area (Å²) in [4.78, 5) is 27.2. The smallest absolute Gasteiger partial charge is 0.252 e. The van der Waals surface area contributed by atoms with Gasteiger partial charge in [0, 0.05) is 31.0 Å². The minimum atomic E-state index is -0.124. The molecular formula is C18H22N4O2. The Kier molecular flexibility index (Phi) is 6.31. The molecule has 0 radical (unpaired) electrons. The van der Waals surface area contributed by atoms with Crippen LogP contribution in [-0.2, 0) is 4.79 Å². The number of carbonyl (C=O) groups excluding carboxylic acids is 2. The quantitative estimate of drug-likeness (QED) is 0.682. The first kappa shape index (κ1) is 17.5. The first-order valence-electron chi connectivity index (χ1n) is 7.96. The molecule has 0 atom stereocenters. The Labute approximate surface area is 141 Å². The Balaban J connectivity index is 2.01. The van der Waals surface area contributed by atoms with Crippen LogP contribution in [0.2, 0.25) is 0 Å². The number of rotatable bonds is 7. The fraction of sp³-hybridized carbons (Fsp3) is 0.278. The predicted molar refractivity (Wildman–Crippen MR) is 95.5 cm³/mol. The molecule has 0 saturated carbocycles. The van der Waals surface area contributed by atoms with E-state index < -0.39 is 0 Å². The van der Waals surface area contributed by atoms with Gasteiger partial charge in [0.1, 0.15) is 0 Å². The Morgan fingerprint density at radius 1 is 1.04 bits per heavy atom. The third kappa shape index (κ3) is 5.39. The molecule has 0 fully saturated rings. The van der Waals surface area contributed by atoms with E-state index in [1.807, 2.05) is 12.1 Å². The number of hydrogen-bond acceptors (Lipinski definition) is 4. The molecule has 0 aliphatic heterocycles. The first-order valence-corrected chi connectivity index (χ1v) is 7.96. The molecule has 2 amide bonds. The lowest BCUT2D eigenvalue weighted by Gasteiger charge is -2.09. The average molecular weight is 326 g/mol. The highest BCUT2D eigenvalue weighted by molar-refractivity contribution is 5.94. The van der Waals surface area contributed by atoms with E-state index in [2.05, 4.69) is 27.9 Å². The Hall–Kier alpha value is -2.89. The molecule has 0 unspecified atom stereocenters. The second-order valence-electron chi connectivity index (χ2n) is 5.46. The van der Waals surface area contributed by atoms with Gasteiger partial charge in [-0.25, -0.2) is 0 Å². The molecule has 0 aliphatic carbocycles. The van der Waals surface area contributed by atoms with Crippen molar-refractivity contribution in [2.24, 2.45) is 0 Å². The van der Waals surface area contributed by atoms with Gasteiger partial charge >= 0.3 is 0 Å². The van der Waals surface area contributed by atoms with Crippen molar-refractivity contribution < 1.29 is 9.59 Å². The third-order valence-corrected chi connectivity index (χ3v) is 3.31. The van der Waals surface area contributed by atoms with Crippen molar-refractivity contribution in [2.45, 2.75) is 26.7 Å². The molecule has 0 aliphatic rings. The van der Waals surface area contributed by atoms with Crippen LogP contribution in [0.4, 0.5) is 17.1 Å². The number of nitrogens with one attached hydrogen (secondary N) is 3. The molecule has 1 aromatic heterocycles. The lowest BCUT2D eigenvalue weighted by Crippen LogP contribution is -2.24. The molecule has 2 aromatic rings. The summed E-state index contributed by atoms with van der Waals surface area (Å²) in [5.41, 5.74) is 2.82. The van der Waals surface area contributed by atoms with E-state index in [0.717, 1.165) is 29.9 Å². The molecule has 6 nitrogen and oxygen atoms in total. The Morgan fingerprint density at radius 2 is 1.75 bits per heavy atom. The maximum Gasteiger partial charge on any atom is 0.252 e. The van der Waals surface area contributed by atoms with Gasteiger partial charge in [0.25, 0.3) is 5.91 Å². The van der Waals surface area contributed by atoms with Gasteiger partial charge in [0.05, 0.1) is 17.4 Å². The standard InChI is InChI=1S/C18H22N4O2/c1-3-4-9-20-18(24)14-10-17(12-19-11-14)22-16-7-5-15(6-8-16)21-13(2)23/h5-8,10-12,22H,3-4,9H2,1-2H3,(H,20,24)(H,21,23). The summed E-state index contributed by atoms with van der Waals surface area (Å²) >= 11 is 0. The van der Waals surface area contributed by atoms with Crippen molar-refractivity contribution in [3.05, 3.63) is 48.3 Å². The third-order valence-electron chi connectivity index (χ3n) is 3.31. The molecule has 2 rings (SSSR count). The van der Waals surface area contributed by atoms with Gasteiger partial charge in [-0.1, -0.05) is 13.3 Å². The second kappa shape index (κ2) is 8.67. The summed E-state index contributed by atoms with van der Waals surface area (Å²) in [5, 5.41) is 8.77. The van der Waals surface area contributed by atoms with Crippen LogP contribution < -0.4 is 16.0 Å². The lowest BCUT2D eigenvalue weighted by atomic mass is 10.2. The minimum Gasteiger partial charge on any atom is -0.354 e. The van der Waals surface area contributed by atoms with Crippen molar-refractivity contribution in [2.75, 3.05) is 17.2 Å². The summed E-state index contributed by atoms with van der Waals surface area (Å²) in [6.07, 6.45) is 5.20. The fourth-order valence-electron chi connectivity index (χ4n) is 2.12. The Morgan fingerprint density at radius 3 is 2.42 bits per heavy atom. The van der Waals surface area contributed by atoms with Gasteiger partial charge in [-0.3, -0.25) is 14.6 Å². The van der Waals surface area contributed by atoms with Gasteiger partial charge in [-0.2, -0.15) is 0 Å². The molecular weight excluding hydrogens is 304 g/mol. The summed E-state index contributed by atoms with van der Waals surface area (Å²) in [6, 6.07) is 9.06. The van der Waals surface area contributed by atoms with Crippen LogP contribution in [0.1, 0.15) is 37.0 Å². The monoisotopic (exact) mass is 326 g/mol. The second-order valence-corrected chi connectivity index (χ2v) is 5.46. The molecule has 126 valence electrons. The van der Waals surface area contributed by atoms with Crippen LogP contribution >= 0.6 is 0 Å². The average Bonchev–Trinajstić information content (AvgIpc) is 2.56. The summed E-state index contributed by atoms with van der Waals surface area (Å²) in [7, 11) is 0. The SMILES string of the molecule is CCCCNC(=O)c1cncc(Nc2ccc(NC(C)=O)cc2)c1. The molecule has 24 heavy (non-hydrogen) atoms. The molecule has 0 spiro atoms. The fourth-order valence-corrected chi connectivity index (χ4v) is 2.12. The number of nitrogens with zero attached hydrogens (tertiary/aromatic N) is 1. The molecule has 0 saturated heterocycles. The highest BCUT2D eigenvalue weighted by Gasteiger charge is 2.06. The molecule has 3 N–H and O–H groups in total. The minimum absolute atomic E-state index is 0.110. The summed E-state index contributed by atoms with van der Waals surface area (Å²) < 4.78 is 0. The van der Waals surface area contributed by atoms with E-state index in [-0.39, 0.29) is 11.8 Å². The highest BCUT2D eigenvalue weighted by atomic mass is 16.2. The van der Waals surface area contributed by atoms with E-state index in [1.165, 1.54) is 6.92 Å².